The van der Waals surface area contributed by atoms with Gasteiger partial charge in [0.15, 0.2) is 0 Å². The zero-order valence-corrected chi connectivity index (χ0v) is 13.1. The van der Waals surface area contributed by atoms with Crippen LogP contribution in [0, 0.1) is 17.8 Å². The Morgan fingerprint density at radius 2 is 1.70 bits per heavy atom. The molecule has 0 spiro atoms. The molecule has 4 heteroatoms. The minimum Gasteiger partial charge on any atom is -0.396 e. The quantitative estimate of drug-likeness (QED) is 0.851. The molecule has 2 fully saturated rings. The van der Waals surface area contributed by atoms with Gasteiger partial charge >= 0.3 is 0 Å². The fraction of sp³-hybridized carbons (Fsp3) is 0.938. The Hall–Kier alpha value is -0.610. The van der Waals surface area contributed by atoms with Crippen molar-refractivity contribution in [2.75, 3.05) is 39.3 Å². The minimum absolute atomic E-state index is 0.269. The summed E-state index contributed by atoms with van der Waals surface area (Å²) in [4.78, 5) is 16.6. The topological polar surface area (TPSA) is 43.8 Å². The Kier molecular flexibility index (Phi) is 5.85. The van der Waals surface area contributed by atoms with Crippen LogP contribution < -0.4 is 0 Å². The van der Waals surface area contributed by atoms with E-state index in [4.69, 9.17) is 5.11 Å². The number of piperidine rings is 2. The van der Waals surface area contributed by atoms with Gasteiger partial charge in [0.05, 0.1) is 6.54 Å². The highest BCUT2D eigenvalue weighted by atomic mass is 16.3. The van der Waals surface area contributed by atoms with Crippen LogP contribution in [0.25, 0.3) is 0 Å². The maximum atomic E-state index is 12.3. The first kappa shape index (κ1) is 15.8. The van der Waals surface area contributed by atoms with Crippen LogP contribution in [0.2, 0.25) is 0 Å². The summed E-state index contributed by atoms with van der Waals surface area (Å²) in [5.74, 6) is 2.29. The SMILES string of the molecule is CC(C)C1CCN(CC(=O)N2CCC(CO)CC2)CC1. The lowest BCUT2D eigenvalue weighted by molar-refractivity contribution is -0.134. The lowest BCUT2D eigenvalue weighted by Crippen LogP contribution is -2.46. The molecule has 0 radical (unpaired) electrons. The number of aliphatic hydroxyl groups excluding tert-OH is 1. The summed E-state index contributed by atoms with van der Waals surface area (Å²) in [6, 6.07) is 0. The van der Waals surface area contributed by atoms with Gasteiger partial charge in [0.1, 0.15) is 0 Å². The fourth-order valence-electron chi connectivity index (χ4n) is 3.43. The van der Waals surface area contributed by atoms with Gasteiger partial charge in [0, 0.05) is 19.7 Å². The molecule has 2 saturated heterocycles. The van der Waals surface area contributed by atoms with Crippen molar-refractivity contribution in [2.24, 2.45) is 17.8 Å². The Bertz CT molecular complexity index is 304. The number of amides is 1. The first-order valence-corrected chi connectivity index (χ1v) is 8.21. The van der Waals surface area contributed by atoms with Gasteiger partial charge in [0.2, 0.25) is 5.91 Å². The van der Waals surface area contributed by atoms with E-state index in [-0.39, 0.29) is 12.5 Å². The van der Waals surface area contributed by atoms with Crippen molar-refractivity contribution in [2.45, 2.75) is 39.5 Å². The second-order valence-corrected chi connectivity index (χ2v) is 6.86. The summed E-state index contributed by atoms with van der Waals surface area (Å²) >= 11 is 0. The monoisotopic (exact) mass is 282 g/mol. The fourth-order valence-corrected chi connectivity index (χ4v) is 3.43. The molecule has 0 aromatic rings. The van der Waals surface area contributed by atoms with E-state index in [1.807, 2.05) is 4.90 Å². The van der Waals surface area contributed by atoms with Crippen molar-refractivity contribution in [1.29, 1.82) is 0 Å². The van der Waals surface area contributed by atoms with Crippen molar-refractivity contribution in [3.05, 3.63) is 0 Å². The second kappa shape index (κ2) is 7.41. The van der Waals surface area contributed by atoms with Gasteiger partial charge in [0.25, 0.3) is 0 Å². The lowest BCUT2D eigenvalue weighted by Gasteiger charge is -2.36. The van der Waals surface area contributed by atoms with Gasteiger partial charge in [-0.05, 0) is 56.5 Å². The molecular weight excluding hydrogens is 252 g/mol. The summed E-state index contributed by atoms with van der Waals surface area (Å²) in [6.45, 7) is 9.26. The van der Waals surface area contributed by atoms with Crippen molar-refractivity contribution in [3.8, 4) is 0 Å². The van der Waals surface area contributed by atoms with E-state index >= 15 is 0 Å². The van der Waals surface area contributed by atoms with Crippen molar-refractivity contribution in [3.63, 3.8) is 0 Å². The third-order valence-electron chi connectivity index (χ3n) is 5.16. The van der Waals surface area contributed by atoms with E-state index in [1.54, 1.807) is 0 Å². The number of nitrogens with zero attached hydrogens (tertiary/aromatic N) is 2. The normalized spacial score (nSPS) is 23.5. The maximum Gasteiger partial charge on any atom is 0.236 e. The molecule has 0 bridgehead atoms. The highest BCUT2D eigenvalue weighted by molar-refractivity contribution is 5.78. The Morgan fingerprint density at radius 3 is 2.20 bits per heavy atom. The van der Waals surface area contributed by atoms with E-state index in [0.717, 1.165) is 50.9 Å². The molecule has 2 heterocycles. The molecule has 0 aromatic carbocycles. The number of carbonyl (C=O) groups excluding carboxylic acids is 1. The predicted molar refractivity (Wildman–Crippen MR) is 80.4 cm³/mol. The van der Waals surface area contributed by atoms with Crippen LogP contribution in [0.15, 0.2) is 0 Å². The smallest absolute Gasteiger partial charge is 0.236 e. The molecule has 0 unspecified atom stereocenters. The summed E-state index contributed by atoms with van der Waals surface area (Å²) in [5, 5.41) is 9.13. The van der Waals surface area contributed by atoms with Gasteiger partial charge in [-0.15, -0.1) is 0 Å². The van der Waals surface area contributed by atoms with Crippen LogP contribution >= 0.6 is 0 Å². The van der Waals surface area contributed by atoms with Crippen LogP contribution in [0.4, 0.5) is 0 Å². The Labute approximate surface area is 123 Å². The zero-order chi connectivity index (χ0) is 14.5. The molecule has 0 atom stereocenters. The van der Waals surface area contributed by atoms with Gasteiger partial charge in [-0.25, -0.2) is 0 Å². The average Bonchev–Trinajstić information content (AvgIpc) is 2.48. The molecule has 0 saturated carbocycles. The van der Waals surface area contributed by atoms with E-state index in [1.165, 1.54) is 12.8 Å². The molecule has 1 N–H and O–H groups in total. The third-order valence-corrected chi connectivity index (χ3v) is 5.16. The summed E-state index contributed by atoms with van der Waals surface area (Å²) < 4.78 is 0. The lowest BCUT2D eigenvalue weighted by atomic mass is 9.87. The van der Waals surface area contributed by atoms with Crippen LogP contribution in [-0.2, 0) is 4.79 Å². The standard InChI is InChI=1S/C16H30N2O2/c1-13(2)15-5-7-17(8-6-15)11-16(20)18-9-3-14(12-19)4-10-18/h13-15,19H,3-12H2,1-2H3. The zero-order valence-electron chi connectivity index (χ0n) is 13.1. The molecule has 20 heavy (non-hydrogen) atoms. The molecule has 2 rings (SSSR count). The predicted octanol–water partition coefficient (Wildman–Crippen LogP) is 1.59. The van der Waals surface area contributed by atoms with Gasteiger partial charge in [-0.2, -0.15) is 0 Å². The summed E-state index contributed by atoms with van der Waals surface area (Å²) in [5.41, 5.74) is 0. The summed E-state index contributed by atoms with van der Waals surface area (Å²) in [6.07, 6.45) is 4.38. The van der Waals surface area contributed by atoms with Gasteiger partial charge in [-0.1, -0.05) is 13.8 Å². The number of hydrogen-bond donors (Lipinski definition) is 1. The third kappa shape index (κ3) is 4.19. The summed E-state index contributed by atoms with van der Waals surface area (Å²) in [7, 11) is 0. The Balaban J connectivity index is 1.70. The second-order valence-electron chi connectivity index (χ2n) is 6.86. The van der Waals surface area contributed by atoms with Crippen LogP contribution in [-0.4, -0.2) is 60.1 Å². The van der Waals surface area contributed by atoms with Gasteiger partial charge in [-0.3, -0.25) is 9.69 Å². The van der Waals surface area contributed by atoms with Crippen molar-refractivity contribution >= 4 is 5.91 Å². The van der Waals surface area contributed by atoms with Crippen LogP contribution in [0.5, 0.6) is 0 Å². The largest absolute Gasteiger partial charge is 0.396 e. The number of hydrogen-bond acceptors (Lipinski definition) is 3. The van der Waals surface area contributed by atoms with Crippen molar-refractivity contribution < 1.29 is 9.90 Å². The molecule has 4 nitrogen and oxygen atoms in total. The molecule has 2 aliphatic rings. The number of likely N-dealkylation sites (tertiary alicyclic amines) is 2. The number of rotatable bonds is 4. The number of aliphatic hydroxyl groups is 1. The highest BCUT2D eigenvalue weighted by Crippen LogP contribution is 2.24. The first-order valence-electron chi connectivity index (χ1n) is 8.21. The highest BCUT2D eigenvalue weighted by Gasteiger charge is 2.26. The maximum absolute atomic E-state index is 12.3. The molecule has 0 aromatic heterocycles. The van der Waals surface area contributed by atoms with Crippen LogP contribution in [0.1, 0.15) is 39.5 Å². The molecule has 0 aliphatic carbocycles. The Morgan fingerprint density at radius 1 is 1.10 bits per heavy atom. The minimum atomic E-state index is 0.269. The van der Waals surface area contributed by atoms with Gasteiger partial charge < -0.3 is 10.0 Å². The average molecular weight is 282 g/mol. The molecule has 1 amide bonds. The van der Waals surface area contributed by atoms with Crippen molar-refractivity contribution in [1.82, 2.24) is 9.80 Å². The van der Waals surface area contributed by atoms with E-state index < -0.39 is 0 Å². The number of carbonyl (C=O) groups is 1. The first-order chi connectivity index (χ1) is 9.60. The van der Waals surface area contributed by atoms with E-state index in [0.29, 0.717) is 12.5 Å². The van der Waals surface area contributed by atoms with E-state index in [2.05, 4.69) is 18.7 Å². The van der Waals surface area contributed by atoms with Crippen LogP contribution in [0.3, 0.4) is 0 Å². The molecule has 2 aliphatic heterocycles. The van der Waals surface area contributed by atoms with E-state index in [9.17, 15) is 4.79 Å². The molecule has 116 valence electrons. The molecular formula is C16H30N2O2.